The molecule has 1 N–H and O–H groups in total. The molecule has 0 unspecified atom stereocenters. The van der Waals surface area contributed by atoms with Gasteiger partial charge in [-0.05, 0) is 40.8 Å². The van der Waals surface area contributed by atoms with Gasteiger partial charge in [0.1, 0.15) is 5.82 Å². The molecule has 1 aromatic heterocycles. The Morgan fingerprint density at radius 2 is 1.81 bits per heavy atom. The van der Waals surface area contributed by atoms with Crippen LogP contribution in [0.5, 0.6) is 0 Å². The van der Waals surface area contributed by atoms with Crippen LogP contribution in [0.2, 0.25) is 0 Å². The predicted molar refractivity (Wildman–Crippen MR) is 74.2 cm³/mol. The van der Waals surface area contributed by atoms with Gasteiger partial charge in [0, 0.05) is 9.13 Å². The lowest BCUT2D eigenvalue weighted by Crippen LogP contribution is -1.77. The average molecular weight is 320 g/mol. The van der Waals surface area contributed by atoms with Crippen LogP contribution in [0.1, 0.15) is 0 Å². The fourth-order valence-electron chi connectivity index (χ4n) is 1.71. The molecule has 0 amide bonds. The second kappa shape index (κ2) is 3.90. The average Bonchev–Trinajstić information content (AvgIpc) is 2.73. The fourth-order valence-corrected chi connectivity index (χ4v) is 2.21. The molecule has 0 aliphatic rings. The highest BCUT2D eigenvalue weighted by Crippen LogP contribution is 2.21. The first-order chi connectivity index (χ1) is 7.83. The van der Waals surface area contributed by atoms with Gasteiger partial charge in [0.15, 0.2) is 0 Å². The van der Waals surface area contributed by atoms with Gasteiger partial charge >= 0.3 is 0 Å². The number of fused-ring (bicyclic) bond motifs is 1. The van der Waals surface area contributed by atoms with E-state index in [2.05, 4.69) is 56.8 Å². The molecule has 0 bridgehead atoms. The SMILES string of the molecule is Ic1ccc2nc(-c3ccccc3)[nH]c2c1. The van der Waals surface area contributed by atoms with Crippen molar-refractivity contribution >= 4 is 33.6 Å². The molecular formula is C13H9IN2. The monoisotopic (exact) mass is 320 g/mol. The number of hydrogen-bond acceptors (Lipinski definition) is 1. The van der Waals surface area contributed by atoms with Crippen molar-refractivity contribution in [3.05, 3.63) is 52.1 Å². The first kappa shape index (κ1) is 9.84. The second-order valence-electron chi connectivity index (χ2n) is 3.61. The highest BCUT2D eigenvalue weighted by atomic mass is 127. The van der Waals surface area contributed by atoms with Crippen molar-refractivity contribution in [2.75, 3.05) is 0 Å². The van der Waals surface area contributed by atoms with Gasteiger partial charge in [0.2, 0.25) is 0 Å². The van der Waals surface area contributed by atoms with Crippen LogP contribution in [0, 0.1) is 3.57 Å². The van der Waals surface area contributed by atoms with Crippen LogP contribution >= 0.6 is 22.6 Å². The largest absolute Gasteiger partial charge is 0.338 e. The predicted octanol–water partition coefficient (Wildman–Crippen LogP) is 3.83. The molecule has 2 aromatic carbocycles. The number of benzene rings is 2. The molecule has 3 aromatic rings. The lowest BCUT2D eigenvalue weighted by molar-refractivity contribution is 1.34. The van der Waals surface area contributed by atoms with Gasteiger partial charge in [0.05, 0.1) is 11.0 Å². The Balaban J connectivity index is 2.19. The molecule has 0 saturated carbocycles. The zero-order chi connectivity index (χ0) is 11.0. The number of aromatic nitrogens is 2. The van der Waals surface area contributed by atoms with E-state index in [4.69, 9.17) is 0 Å². The van der Waals surface area contributed by atoms with E-state index in [1.165, 1.54) is 3.57 Å². The molecule has 3 rings (SSSR count). The minimum Gasteiger partial charge on any atom is -0.338 e. The van der Waals surface area contributed by atoms with Crippen LogP contribution < -0.4 is 0 Å². The number of H-pyrrole nitrogens is 1. The Bertz CT molecular complexity index is 629. The summed E-state index contributed by atoms with van der Waals surface area (Å²) in [5.41, 5.74) is 3.22. The van der Waals surface area contributed by atoms with Gasteiger partial charge in [-0.3, -0.25) is 0 Å². The van der Waals surface area contributed by atoms with Crippen LogP contribution in [0.25, 0.3) is 22.4 Å². The number of imidazole rings is 1. The normalized spacial score (nSPS) is 10.8. The summed E-state index contributed by atoms with van der Waals surface area (Å²) in [6.45, 7) is 0. The van der Waals surface area contributed by atoms with E-state index in [0.717, 1.165) is 22.4 Å². The molecule has 16 heavy (non-hydrogen) atoms. The van der Waals surface area contributed by atoms with E-state index >= 15 is 0 Å². The Labute approximate surface area is 107 Å². The van der Waals surface area contributed by atoms with E-state index in [1.807, 2.05) is 24.3 Å². The van der Waals surface area contributed by atoms with Crippen molar-refractivity contribution < 1.29 is 0 Å². The second-order valence-corrected chi connectivity index (χ2v) is 4.86. The smallest absolute Gasteiger partial charge is 0.138 e. The number of nitrogens with one attached hydrogen (secondary N) is 1. The quantitative estimate of drug-likeness (QED) is 0.678. The molecule has 0 atom stereocenters. The van der Waals surface area contributed by atoms with E-state index < -0.39 is 0 Å². The topological polar surface area (TPSA) is 28.7 Å². The number of rotatable bonds is 1. The molecule has 2 nitrogen and oxygen atoms in total. The molecule has 0 spiro atoms. The summed E-state index contributed by atoms with van der Waals surface area (Å²) in [6.07, 6.45) is 0. The number of nitrogens with zero attached hydrogens (tertiary/aromatic N) is 1. The molecule has 1 heterocycles. The maximum atomic E-state index is 4.57. The lowest BCUT2D eigenvalue weighted by Gasteiger charge is -1.93. The van der Waals surface area contributed by atoms with E-state index in [9.17, 15) is 0 Å². The van der Waals surface area contributed by atoms with Gasteiger partial charge in [-0.2, -0.15) is 0 Å². The highest BCUT2D eigenvalue weighted by molar-refractivity contribution is 14.1. The van der Waals surface area contributed by atoms with Crippen LogP contribution in [0.3, 0.4) is 0 Å². The Morgan fingerprint density at radius 1 is 1.00 bits per heavy atom. The zero-order valence-electron chi connectivity index (χ0n) is 8.44. The first-order valence-electron chi connectivity index (χ1n) is 5.03. The van der Waals surface area contributed by atoms with Gasteiger partial charge < -0.3 is 4.98 Å². The maximum Gasteiger partial charge on any atom is 0.138 e. The maximum absolute atomic E-state index is 4.57. The Hall–Kier alpha value is -1.36. The molecule has 0 aliphatic carbocycles. The number of aromatic amines is 1. The summed E-state index contributed by atoms with van der Waals surface area (Å²) in [5, 5.41) is 0. The first-order valence-corrected chi connectivity index (χ1v) is 6.11. The number of hydrogen-bond donors (Lipinski definition) is 1. The van der Waals surface area contributed by atoms with E-state index in [1.54, 1.807) is 0 Å². The molecule has 0 aliphatic heterocycles. The van der Waals surface area contributed by atoms with E-state index in [0.29, 0.717) is 0 Å². The van der Waals surface area contributed by atoms with Gasteiger partial charge in [0.25, 0.3) is 0 Å². The molecule has 3 heteroatoms. The minimum absolute atomic E-state index is 0.928. The Kier molecular flexibility index (Phi) is 2.40. The number of halogens is 1. The highest BCUT2D eigenvalue weighted by Gasteiger charge is 2.04. The third-order valence-corrected chi connectivity index (χ3v) is 3.16. The summed E-state index contributed by atoms with van der Waals surface area (Å²) in [4.78, 5) is 7.90. The van der Waals surface area contributed by atoms with Crippen molar-refractivity contribution in [3.8, 4) is 11.4 Å². The van der Waals surface area contributed by atoms with Crippen molar-refractivity contribution in [2.45, 2.75) is 0 Å². The molecule has 0 radical (unpaired) electrons. The third kappa shape index (κ3) is 1.71. The summed E-state index contributed by atoms with van der Waals surface area (Å²) in [7, 11) is 0. The van der Waals surface area contributed by atoms with Gasteiger partial charge in [-0.25, -0.2) is 4.98 Å². The van der Waals surface area contributed by atoms with Crippen LogP contribution in [0.4, 0.5) is 0 Å². The van der Waals surface area contributed by atoms with Gasteiger partial charge in [-0.1, -0.05) is 30.3 Å². The fraction of sp³-hybridized carbons (Fsp3) is 0. The van der Waals surface area contributed by atoms with Crippen LogP contribution in [-0.2, 0) is 0 Å². The van der Waals surface area contributed by atoms with Crippen molar-refractivity contribution in [1.29, 1.82) is 0 Å². The van der Waals surface area contributed by atoms with Crippen molar-refractivity contribution in [3.63, 3.8) is 0 Å². The zero-order valence-corrected chi connectivity index (χ0v) is 10.6. The van der Waals surface area contributed by atoms with Crippen LogP contribution in [-0.4, -0.2) is 9.97 Å². The molecule has 0 fully saturated rings. The lowest BCUT2D eigenvalue weighted by atomic mass is 10.2. The Morgan fingerprint density at radius 3 is 2.62 bits per heavy atom. The molecular weight excluding hydrogens is 311 g/mol. The summed E-state index contributed by atoms with van der Waals surface area (Å²) in [5.74, 6) is 0.928. The third-order valence-electron chi connectivity index (χ3n) is 2.49. The van der Waals surface area contributed by atoms with Crippen LogP contribution in [0.15, 0.2) is 48.5 Å². The van der Waals surface area contributed by atoms with Crippen molar-refractivity contribution in [2.24, 2.45) is 0 Å². The summed E-state index contributed by atoms with van der Waals surface area (Å²) in [6, 6.07) is 16.4. The summed E-state index contributed by atoms with van der Waals surface area (Å²) < 4.78 is 1.22. The molecule has 0 saturated heterocycles. The molecule has 78 valence electrons. The summed E-state index contributed by atoms with van der Waals surface area (Å²) >= 11 is 2.30. The standard InChI is InChI=1S/C13H9IN2/c14-10-6-7-11-12(8-10)16-13(15-11)9-4-2-1-3-5-9/h1-8H,(H,15,16). The van der Waals surface area contributed by atoms with E-state index in [-0.39, 0.29) is 0 Å². The van der Waals surface area contributed by atoms with Gasteiger partial charge in [-0.15, -0.1) is 0 Å². The minimum atomic E-state index is 0.928. The van der Waals surface area contributed by atoms with Crippen molar-refractivity contribution in [1.82, 2.24) is 9.97 Å².